The first-order valence-electron chi connectivity index (χ1n) is 5.94. The molecule has 2 N–H and O–H groups in total. The van der Waals surface area contributed by atoms with Crippen molar-refractivity contribution in [1.29, 1.82) is 0 Å². The van der Waals surface area contributed by atoms with Crippen molar-refractivity contribution in [2.24, 2.45) is 11.7 Å². The highest BCUT2D eigenvalue weighted by atomic mass is 32.2. The highest BCUT2D eigenvalue weighted by Gasteiger charge is 2.39. The molecule has 1 fully saturated rings. The van der Waals surface area contributed by atoms with Crippen LogP contribution >= 0.6 is 0 Å². The summed E-state index contributed by atoms with van der Waals surface area (Å²) in [6.45, 7) is 2.01. The van der Waals surface area contributed by atoms with Crippen LogP contribution in [0.5, 0.6) is 0 Å². The number of rotatable bonds is 5. The Kier molecular flexibility index (Phi) is 5.27. The molecule has 102 valence electrons. The molecular formula is C10H20F2N2O2S. The Labute approximate surface area is 101 Å². The molecule has 0 heterocycles. The number of alkyl halides is 2. The molecule has 1 saturated carbocycles. The molecule has 17 heavy (non-hydrogen) atoms. The third kappa shape index (κ3) is 3.14. The predicted octanol–water partition coefficient (Wildman–Crippen LogP) is 1.38. The minimum atomic E-state index is -4.49. The van der Waals surface area contributed by atoms with Gasteiger partial charge in [-0.25, -0.2) is 8.42 Å². The van der Waals surface area contributed by atoms with Crippen LogP contribution in [0.3, 0.4) is 0 Å². The molecule has 1 aliphatic rings. The van der Waals surface area contributed by atoms with Gasteiger partial charge in [-0.1, -0.05) is 19.8 Å². The molecule has 0 bridgehead atoms. The van der Waals surface area contributed by atoms with E-state index in [1.807, 2.05) is 0 Å². The van der Waals surface area contributed by atoms with Gasteiger partial charge >= 0.3 is 5.76 Å². The summed E-state index contributed by atoms with van der Waals surface area (Å²) in [7, 11) is -4.49. The van der Waals surface area contributed by atoms with E-state index in [9.17, 15) is 17.2 Å². The zero-order valence-corrected chi connectivity index (χ0v) is 10.8. The summed E-state index contributed by atoms with van der Waals surface area (Å²) in [5.41, 5.74) is 5.60. The molecule has 0 aromatic rings. The number of hydrogen-bond donors (Lipinski definition) is 1. The predicted molar refractivity (Wildman–Crippen MR) is 62.1 cm³/mol. The minimum Gasteiger partial charge on any atom is -0.330 e. The molecule has 0 aromatic heterocycles. The molecule has 1 aliphatic carbocycles. The number of hydrogen-bond acceptors (Lipinski definition) is 3. The van der Waals surface area contributed by atoms with Crippen LogP contribution in [-0.4, -0.2) is 37.6 Å². The second-order valence-corrected chi connectivity index (χ2v) is 6.21. The summed E-state index contributed by atoms with van der Waals surface area (Å²) < 4.78 is 49.2. The molecule has 4 nitrogen and oxygen atoms in total. The summed E-state index contributed by atoms with van der Waals surface area (Å²) >= 11 is 0. The Morgan fingerprint density at radius 3 is 2.41 bits per heavy atom. The zero-order valence-electron chi connectivity index (χ0n) is 9.98. The van der Waals surface area contributed by atoms with E-state index in [0.29, 0.717) is 13.0 Å². The molecule has 0 saturated heterocycles. The number of nitrogens with two attached hydrogens (primary N) is 1. The molecule has 0 radical (unpaired) electrons. The third-order valence-corrected chi connectivity index (χ3v) is 5.04. The smallest absolute Gasteiger partial charge is 0.330 e. The summed E-state index contributed by atoms with van der Waals surface area (Å²) in [6.07, 6.45) is 3.30. The van der Waals surface area contributed by atoms with Crippen molar-refractivity contribution in [1.82, 2.24) is 4.31 Å². The monoisotopic (exact) mass is 270 g/mol. The lowest BCUT2D eigenvalue weighted by atomic mass is 9.84. The summed E-state index contributed by atoms with van der Waals surface area (Å²) in [6, 6.07) is -0.363. The maximum atomic E-state index is 12.6. The average molecular weight is 270 g/mol. The highest BCUT2D eigenvalue weighted by molar-refractivity contribution is 7.89. The van der Waals surface area contributed by atoms with Crippen LogP contribution in [0.4, 0.5) is 8.78 Å². The zero-order chi connectivity index (χ0) is 13.1. The fourth-order valence-corrected chi connectivity index (χ4v) is 3.77. The van der Waals surface area contributed by atoms with E-state index in [4.69, 9.17) is 5.73 Å². The van der Waals surface area contributed by atoms with Crippen LogP contribution < -0.4 is 5.73 Å². The molecule has 0 spiro atoms. The van der Waals surface area contributed by atoms with Gasteiger partial charge in [0.25, 0.3) is 10.0 Å². The highest BCUT2D eigenvalue weighted by Crippen LogP contribution is 2.30. The Morgan fingerprint density at radius 1 is 1.35 bits per heavy atom. The van der Waals surface area contributed by atoms with Crippen LogP contribution in [0.2, 0.25) is 0 Å². The van der Waals surface area contributed by atoms with E-state index < -0.39 is 15.8 Å². The van der Waals surface area contributed by atoms with Crippen molar-refractivity contribution >= 4 is 10.0 Å². The third-order valence-electron chi connectivity index (χ3n) is 3.41. The van der Waals surface area contributed by atoms with Crippen molar-refractivity contribution < 1.29 is 17.2 Å². The molecule has 0 aliphatic heterocycles. The van der Waals surface area contributed by atoms with Gasteiger partial charge in [0.05, 0.1) is 0 Å². The lowest BCUT2D eigenvalue weighted by Crippen LogP contribution is -2.49. The largest absolute Gasteiger partial charge is 0.350 e. The molecule has 0 amide bonds. The lowest BCUT2D eigenvalue weighted by molar-refractivity contribution is 0.163. The average Bonchev–Trinajstić information content (AvgIpc) is 2.30. The van der Waals surface area contributed by atoms with Gasteiger partial charge < -0.3 is 5.73 Å². The molecule has 7 heteroatoms. The summed E-state index contributed by atoms with van der Waals surface area (Å²) in [4.78, 5) is 0. The van der Waals surface area contributed by atoms with Crippen molar-refractivity contribution in [3.63, 3.8) is 0 Å². The Bertz CT molecular complexity index is 335. The molecule has 2 unspecified atom stereocenters. The van der Waals surface area contributed by atoms with Gasteiger partial charge in [-0.3, -0.25) is 0 Å². The molecular weight excluding hydrogens is 250 g/mol. The summed E-state index contributed by atoms with van der Waals surface area (Å²) in [5, 5.41) is 0. The van der Waals surface area contributed by atoms with Crippen molar-refractivity contribution in [3.8, 4) is 0 Å². The fourth-order valence-electron chi connectivity index (χ4n) is 2.55. The van der Waals surface area contributed by atoms with Crippen LogP contribution in [0, 0.1) is 5.92 Å². The van der Waals surface area contributed by atoms with Gasteiger partial charge in [0.15, 0.2) is 0 Å². The van der Waals surface area contributed by atoms with Gasteiger partial charge in [-0.2, -0.15) is 13.1 Å². The topological polar surface area (TPSA) is 63.4 Å². The summed E-state index contributed by atoms with van der Waals surface area (Å²) in [5.74, 6) is -3.35. The van der Waals surface area contributed by atoms with Crippen molar-refractivity contribution in [2.75, 3.05) is 13.1 Å². The maximum absolute atomic E-state index is 12.6. The normalized spacial score (nSPS) is 26.7. The number of halogens is 2. The number of sulfonamides is 1. The second-order valence-electron chi connectivity index (χ2n) is 4.36. The van der Waals surface area contributed by atoms with Crippen LogP contribution in [0.1, 0.15) is 32.6 Å². The van der Waals surface area contributed by atoms with E-state index in [1.165, 1.54) is 0 Å². The van der Waals surface area contributed by atoms with Crippen LogP contribution in [0.25, 0.3) is 0 Å². The van der Waals surface area contributed by atoms with Gasteiger partial charge in [0.2, 0.25) is 0 Å². The molecule has 2 atom stereocenters. The number of nitrogens with zero attached hydrogens (tertiary/aromatic N) is 1. The van der Waals surface area contributed by atoms with Crippen molar-refractivity contribution in [3.05, 3.63) is 0 Å². The quantitative estimate of drug-likeness (QED) is 0.821. The standard InChI is InChI=1S/C10H20F2N2O2S/c1-2-14(17(15,16)10(11)12)9-6-4-3-5-8(9)7-13/h8-10H,2-7,13H2,1H3. The molecule has 1 rings (SSSR count). The van der Waals surface area contributed by atoms with Gasteiger partial charge in [-0.05, 0) is 25.3 Å². The van der Waals surface area contributed by atoms with E-state index in [2.05, 4.69) is 0 Å². The Hall–Kier alpha value is -0.270. The Balaban J connectivity index is 2.92. The lowest BCUT2D eigenvalue weighted by Gasteiger charge is -2.38. The van der Waals surface area contributed by atoms with Crippen LogP contribution in [-0.2, 0) is 10.0 Å². The van der Waals surface area contributed by atoms with E-state index in [0.717, 1.165) is 23.6 Å². The second kappa shape index (κ2) is 6.06. The van der Waals surface area contributed by atoms with E-state index >= 15 is 0 Å². The Morgan fingerprint density at radius 2 is 1.94 bits per heavy atom. The van der Waals surface area contributed by atoms with E-state index in [1.54, 1.807) is 6.92 Å². The first kappa shape index (κ1) is 14.8. The first-order chi connectivity index (χ1) is 7.95. The SMILES string of the molecule is CCN(C1CCCCC1CN)S(=O)(=O)C(F)F. The van der Waals surface area contributed by atoms with Crippen LogP contribution in [0.15, 0.2) is 0 Å². The van der Waals surface area contributed by atoms with Crippen molar-refractivity contribution in [2.45, 2.75) is 44.4 Å². The van der Waals surface area contributed by atoms with Gasteiger partial charge in [0, 0.05) is 12.6 Å². The maximum Gasteiger partial charge on any atom is 0.350 e. The van der Waals surface area contributed by atoms with Gasteiger partial charge in [0.1, 0.15) is 0 Å². The fraction of sp³-hybridized carbons (Fsp3) is 1.00. The minimum absolute atomic E-state index is 0.00257. The van der Waals surface area contributed by atoms with Gasteiger partial charge in [-0.15, -0.1) is 0 Å². The molecule has 0 aromatic carbocycles. The first-order valence-corrected chi connectivity index (χ1v) is 7.44. The van der Waals surface area contributed by atoms with E-state index in [-0.39, 0.29) is 18.5 Å².